The molecule has 0 fully saturated rings. The molecule has 0 aromatic heterocycles. The molecule has 0 radical (unpaired) electrons. The van der Waals surface area contributed by atoms with Crippen LogP contribution in [0, 0.1) is 5.92 Å². The van der Waals surface area contributed by atoms with Crippen molar-refractivity contribution in [2.24, 2.45) is 5.92 Å². The fourth-order valence-electron chi connectivity index (χ4n) is 2.99. The number of rotatable bonds is 9. The van der Waals surface area contributed by atoms with E-state index < -0.39 is 6.10 Å². The summed E-state index contributed by atoms with van der Waals surface area (Å²) in [6.45, 7) is 8.44. The third-order valence-electron chi connectivity index (χ3n) is 4.50. The average Bonchev–Trinajstić information content (AvgIpc) is 2.66. The standard InChI is InChI=1S/C23H31NO2/c1-5-18-12-14-20(15-13-18)26-22(6-2)23(25)24-21(16-17(3)4)19-10-8-7-9-11-19/h7-15,17,21-22H,5-6,16H2,1-4H3,(H,24,25)/t21-,22-/m0/s1. The molecule has 140 valence electrons. The van der Waals surface area contributed by atoms with E-state index in [0.717, 1.165) is 24.2 Å². The van der Waals surface area contributed by atoms with Crippen molar-refractivity contribution in [2.75, 3.05) is 0 Å². The number of nitrogens with one attached hydrogen (secondary N) is 1. The Morgan fingerprint density at radius 2 is 1.65 bits per heavy atom. The second-order valence-corrected chi connectivity index (χ2v) is 7.11. The van der Waals surface area contributed by atoms with E-state index in [9.17, 15) is 4.79 Å². The Hall–Kier alpha value is -2.29. The minimum Gasteiger partial charge on any atom is -0.481 e. The van der Waals surface area contributed by atoms with Crippen molar-refractivity contribution >= 4 is 5.91 Å². The van der Waals surface area contributed by atoms with Gasteiger partial charge >= 0.3 is 0 Å². The smallest absolute Gasteiger partial charge is 0.261 e. The summed E-state index contributed by atoms with van der Waals surface area (Å²) >= 11 is 0. The van der Waals surface area contributed by atoms with Crippen molar-refractivity contribution in [1.29, 1.82) is 0 Å². The molecule has 0 saturated carbocycles. The third kappa shape index (κ3) is 5.91. The van der Waals surface area contributed by atoms with Gasteiger partial charge in [0, 0.05) is 0 Å². The Morgan fingerprint density at radius 1 is 1.00 bits per heavy atom. The molecule has 2 aromatic carbocycles. The van der Waals surface area contributed by atoms with Crippen molar-refractivity contribution in [2.45, 2.75) is 59.1 Å². The fourth-order valence-corrected chi connectivity index (χ4v) is 2.99. The van der Waals surface area contributed by atoms with Gasteiger partial charge in [-0.3, -0.25) is 4.79 Å². The minimum absolute atomic E-state index is 0.00353. The molecular weight excluding hydrogens is 322 g/mol. The maximum absolute atomic E-state index is 12.8. The molecule has 3 nitrogen and oxygen atoms in total. The average molecular weight is 354 g/mol. The molecule has 0 saturated heterocycles. The number of benzene rings is 2. The molecule has 1 N–H and O–H groups in total. The summed E-state index contributed by atoms with van der Waals surface area (Å²) in [5.41, 5.74) is 2.40. The monoisotopic (exact) mass is 353 g/mol. The molecule has 1 amide bonds. The second kappa shape index (κ2) is 10.0. The summed E-state index contributed by atoms with van der Waals surface area (Å²) in [5, 5.41) is 3.19. The first-order valence-corrected chi connectivity index (χ1v) is 9.64. The highest BCUT2D eigenvalue weighted by Gasteiger charge is 2.23. The first-order chi connectivity index (χ1) is 12.5. The van der Waals surface area contributed by atoms with Crippen LogP contribution in [0.25, 0.3) is 0 Å². The van der Waals surface area contributed by atoms with Crippen molar-refractivity contribution in [3.05, 3.63) is 65.7 Å². The van der Waals surface area contributed by atoms with Crippen LogP contribution < -0.4 is 10.1 Å². The molecule has 26 heavy (non-hydrogen) atoms. The minimum atomic E-state index is -0.485. The van der Waals surface area contributed by atoms with Gasteiger partial charge in [-0.15, -0.1) is 0 Å². The van der Waals surface area contributed by atoms with Crippen LogP contribution in [0.4, 0.5) is 0 Å². The van der Waals surface area contributed by atoms with E-state index >= 15 is 0 Å². The first kappa shape index (κ1) is 20.0. The maximum Gasteiger partial charge on any atom is 0.261 e. The quantitative estimate of drug-likeness (QED) is 0.663. The molecule has 0 unspecified atom stereocenters. The Labute approximate surface area is 157 Å². The van der Waals surface area contributed by atoms with Gasteiger partial charge in [-0.1, -0.05) is 70.2 Å². The van der Waals surface area contributed by atoms with Gasteiger partial charge in [0.1, 0.15) is 5.75 Å². The fraction of sp³-hybridized carbons (Fsp3) is 0.435. The summed E-state index contributed by atoms with van der Waals surface area (Å²) in [5.74, 6) is 1.17. The molecule has 2 aromatic rings. The Bertz CT molecular complexity index is 664. The van der Waals surface area contributed by atoms with Crippen LogP contribution in [0.3, 0.4) is 0 Å². The summed E-state index contributed by atoms with van der Waals surface area (Å²) < 4.78 is 5.95. The van der Waals surface area contributed by atoms with Gasteiger partial charge in [0.25, 0.3) is 5.91 Å². The number of hydrogen-bond acceptors (Lipinski definition) is 2. The Balaban J connectivity index is 2.07. The molecule has 0 spiro atoms. The predicted octanol–water partition coefficient (Wildman–Crippen LogP) is 5.31. The van der Waals surface area contributed by atoms with Gasteiger partial charge < -0.3 is 10.1 Å². The SMILES string of the molecule is CCc1ccc(O[C@@H](CC)C(=O)N[C@@H](CC(C)C)c2ccccc2)cc1. The van der Waals surface area contributed by atoms with E-state index in [1.807, 2.05) is 49.4 Å². The highest BCUT2D eigenvalue weighted by Crippen LogP contribution is 2.22. The number of ether oxygens (including phenoxy) is 1. The van der Waals surface area contributed by atoms with Gasteiger partial charge in [0.2, 0.25) is 0 Å². The van der Waals surface area contributed by atoms with Crippen LogP contribution in [0.2, 0.25) is 0 Å². The zero-order valence-corrected chi connectivity index (χ0v) is 16.4. The third-order valence-corrected chi connectivity index (χ3v) is 4.50. The molecule has 0 aliphatic rings. The summed E-state index contributed by atoms with van der Waals surface area (Å²) in [4.78, 5) is 12.8. The van der Waals surface area contributed by atoms with E-state index in [4.69, 9.17) is 4.74 Å². The van der Waals surface area contributed by atoms with Crippen molar-refractivity contribution in [3.8, 4) is 5.75 Å². The lowest BCUT2D eigenvalue weighted by molar-refractivity contribution is -0.129. The zero-order chi connectivity index (χ0) is 18.9. The van der Waals surface area contributed by atoms with Gasteiger partial charge in [-0.05, 0) is 48.4 Å². The maximum atomic E-state index is 12.8. The molecule has 0 aliphatic carbocycles. The van der Waals surface area contributed by atoms with Crippen molar-refractivity contribution < 1.29 is 9.53 Å². The largest absolute Gasteiger partial charge is 0.481 e. The van der Waals surface area contributed by atoms with Crippen LogP contribution in [0.1, 0.15) is 57.7 Å². The molecule has 2 rings (SSSR count). The number of aryl methyl sites for hydroxylation is 1. The van der Waals surface area contributed by atoms with Crippen LogP contribution in [-0.2, 0) is 11.2 Å². The number of hydrogen-bond donors (Lipinski definition) is 1. The van der Waals surface area contributed by atoms with Crippen LogP contribution in [-0.4, -0.2) is 12.0 Å². The van der Waals surface area contributed by atoms with E-state index in [2.05, 4.69) is 38.2 Å². The molecular formula is C23H31NO2. The van der Waals surface area contributed by atoms with E-state index in [-0.39, 0.29) is 11.9 Å². The number of carbonyl (C=O) groups excluding carboxylic acids is 1. The second-order valence-electron chi connectivity index (χ2n) is 7.11. The van der Waals surface area contributed by atoms with E-state index in [0.29, 0.717) is 12.3 Å². The molecule has 3 heteroatoms. The van der Waals surface area contributed by atoms with Gasteiger partial charge in [0.15, 0.2) is 6.10 Å². The normalized spacial score (nSPS) is 13.3. The predicted molar refractivity (Wildman–Crippen MR) is 107 cm³/mol. The van der Waals surface area contributed by atoms with Crippen LogP contribution >= 0.6 is 0 Å². The topological polar surface area (TPSA) is 38.3 Å². The summed E-state index contributed by atoms with van der Waals surface area (Å²) in [6.07, 6.45) is 2.04. The number of carbonyl (C=O) groups is 1. The summed E-state index contributed by atoms with van der Waals surface area (Å²) in [7, 11) is 0. The van der Waals surface area contributed by atoms with Crippen molar-refractivity contribution in [1.82, 2.24) is 5.32 Å². The van der Waals surface area contributed by atoms with E-state index in [1.54, 1.807) is 0 Å². The Kier molecular flexibility index (Phi) is 7.71. The lowest BCUT2D eigenvalue weighted by Crippen LogP contribution is -2.40. The molecule has 0 heterocycles. The van der Waals surface area contributed by atoms with Crippen LogP contribution in [0.15, 0.2) is 54.6 Å². The molecule has 0 bridgehead atoms. The highest BCUT2D eigenvalue weighted by atomic mass is 16.5. The van der Waals surface area contributed by atoms with Gasteiger partial charge in [0.05, 0.1) is 6.04 Å². The van der Waals surface area contributed by atoms with E-state index in [1.165, 1.54) is 5.56 Å². The van der Waals surface area contributed by atoms with Crippen molar-refractivity contribution in [3.63, 3.8) is 0 Å². The molecule has 2 atom stereocenters. The zero-order valence-electron chi connectivity index (χ0n) is 16.4. The molecule has 0 aliphatic heterocycles. The first-order valence-electron chi connectivity index (χ1n) is 9.64. The van der Waals surface area contributed by atoms with Crippen LogP contribution in [0.5, 0.6) is 5.75 Å². The summed E-state index contributed by atoms with van der Waals surface area (Å²) in [6, 6.07) is 18.1. The van der Waals surface area contributed by atoms with Gasteiger partial charge in [-0.25, -0.2) is 0 Å². The lowest BCUT2D eigenvalue weighted by atomic mass is 9.96. The Morgan fingerprint density at radius 3 is 2.19 bits per heavy atom. The number of amides is 1. The van der Waals surface area contributed by atoms with Gasteiger partial charge in [-0.2, -0.15) is 0 Å². The lowest BCUT2D eigenvalue weighted by Gasteiger charge is -2.24. The highest BCUT2D eigenvalue weighted by molar-refractivity contribution is 5.81.